The van der Waals surface area contributed by atoms with Crippen LogP contribution in [-0.2, 0) is 16.3 Å². The van der Waals surface area contributed by atoms with Crippen LogP contribution >= 0.6 is 0 Å². The van der Waals surface area contributed by atoms with Crippen LogP contribution in [0.1, 0.15) is 69.6 Å². The fourth-order valence-corrected chi connectivity index (χ4v) is 4.44. The molecule has 2 aromatic carbocycles. The summed E-state index contributed by atoms with van der Waals surface area (Å²) in [5.41, 5.74) is 6.59. The van der Waals surface area contributed by atoms with E-state index in [0.717, 1.165) is 38.5 Å². The van der Waals surface area contributed by atoms with Gasteiger partial charge in [0.05, 0.1) is 10.5 Å². The number of aryl methyl sites for hydroxylation is 3. The lowest BCUT2D eigenvalue weighted by Crippen LogP contribution is -2.30. The average Bonchev–Trinajstić information content (AvgIpc) is 2.63. The van der Waals surface area contributed by atoms with Crippen molar-refractivity contribution >= 4 is 9.84 Å². The van der Waals surface area contributed by atoms with E-state index in [-0.39, 0.29) is 0 Å². The molecule has 0 heterocycles. The van der Waals surface area contributed by atoms with Crippen molar-refractivity contribution in [3.63, 3.8) is 0 Å². The highest BCUT2D eigenvalue weighted by Crippen LogP contribution is 2.23. The van der Waals surface area contributed by atoms with Gasteiger partial charge in [-0.2, -0.15) is 0 Å². The van der Waals surface area contributed by atoms with Crippen molar-refractivity contribution in [2.45, 2.75) is 77.9 Å². The summed E-state index contributed by atoms with van der Waals surface area (Å²) < 4.78 is 23.6. The van der Waals surface area contributed by atoms with Gasteiger partial charge in [0.2, 0.25) is 0 Å². The largest absolute Gasteiger partial charge is 0.228 e. The Morgan fingerprint density at radius 2 is 1.29 bits per heavy atom. The van der Waals surface area contributed by atoms with Gasteiger partial charge in [-0.15, -0.1) is 0 Å². The van der Waals surface area contributed by atoms with E-state index in [9.17, 15) is 8.42 Å². The minimum atomic E-state index is -2.97. The van der Waals surface area contributed by atoms with Crippen LogP contribution in [0.2, 0.25) is 0 Å². The zero-order valence-corrected chi connectivity index (χ0v) is 19.0. The molecule has 0 amide bonds. The van der Waals surface area contributed by atoms with Gasteiger partial charge in [0.1, 0.15) is 0 Å². The van der Waals surface area contributed by atoms with Gasteiger partial charge in [-0.3, -0.25) is 0 Å². The molecule has 0 bridgehead atoms. The predicted octanol–water partition coefficient (Wildman–Crippen LogP) is 6.68. The maximum atomic E-state index is 12.1. The Bertz CT molecular complexity index is 856. The molecule has 0 atom stereocenters. The van der Waals surface area contributed by atoms with E-state index in [1.54, 1.807) is 20.8 Å². The first-order valence-electron chi connectivity index (χ1n) is 10.5. The first-order chi connectivity index (χ1) is 13.1. The van der Waals surface area contributed by atoms with E-state index >= 15 is 0 Å². The molecule has 0 radical (unpaired) electrons. The van der Waals surface area contributed by atoms with Crippen molar-refractivity contribution in [3.05, 3.63) is 59.2 Å². The van der Waals surface area contributed by atoms with Crippen LogP contribution in [0.3, 0.4) is 0 Å². The molecular weight excluding hydrogens is 364 g/mol. The lowest BCUT2D eigenvalue weighted by Gasteiger charge is -2.18. The highest BCUT2D eigenvalue weighted by Gasteiger charge is 2.27. The Morgan fingerprint density at radius 1 is 0.714 bits per heavy atom. The maximum absolute atomic E-state index is 12.1. The molecule has 3 heteroatoms. The zero-order chi connectivity index (χ0) is 20.8. The van der Waals surface area contributed by atoms with Crippen molar-refractivity contribution in [2.75, 3.05) is 5.75 Å². The smallest absolute Gasteiger partial charge is 0.155 e. The van der Waals surface area contributed by atoms with E-state index in [4.69, 9.17) is 0 Å². The Morgan fingerprint density at radius 3 is 1.89 bits per heavy atom. The SMILES string of the molecule is Cc1ccc(-c2ccc(CCCCCCCS(=O)(=O)C(C)(C)C)cc2)cc1C. The van der Waals surface area contributed by atoms with E-state index < -0.39 is 14.6 Å². The molecule has 2 nitrogen and oxygen atoms in total. The summed E-state index contributed by atoms with van der Waals surface area (Å²) in [5.74, 6) is 0.316. The molecule has 0 aliphatic heterocycles. The molecule has 0 unspecified atom stereocenters. The minimum Gasteiger partial charge on any atom is -0.228 e. The second-order valence-corrected chi connectivity index (χ2v) is 11.8. The number of sulfone groups is 1. The van der Waals surface area contributed by atoms with Gasteiger partial charge in [-0.05, 0) is 81.7 Å². The molecule has 154 valence electrons. The standard InChI is InChI=1S/C25H36O2S/c1-20-12-15-24(19-21(20)2)23-16-13-22(14-17-23)11-9-7-6-8-10-18-28(26,27)25(3,4)5/h12-17,19H,6-11,18H2,1-5H3. The highest BCUT2D eigenvalue weighted by molar-refractivity contribution is 7.92. The fraction of sp³-hybridized carbons (Fsp3) is 0.520. The van der Waals surface area contributed by atoms with Crippen molar-refractivity contribution in [1.82, 2.24) is 0 Å². The van der Waals surface area contributed by atoms with Gasteiger partial charge in [0.25, 0.3) is 0 Å². The molecule has 0 aromatic heterocycles. The highest BCUT2D eigenvalue weighted by atomic mass is 32.2. The average molecular weight is 401 g/mol. The van der Waals surface area contributed by atoms with Crippen LogP contribution in [-0.4, -0.2) is 18.9 Å². The summed E-state index contributed by atoms with van der Waals surface area (Å²) in [6.07, 6.45) is 6.31. The second-order valence-electron chi connectivity index (χ2n) is 8.94. The Hall–Kier alpha value is -1.61. The zero-order valence-electron chi connectivity index (χ0n) is 18.2. The van der Waals surface area contributed by atoms with Crippen molar-refractivity contribution in [3.8, 4) is 11.1 Å². The molecule has 0 spiro atoms. The van der Waals surface area contributed by atoms with Gasteiger partial charge in [-0.25, -0.2) is 8.42 Å². The van der Waals surface area contributed by atoms with E-state index in [2.05, 4.69) is 56.3 Å². The van der Waals surface area contributed by atoms with Crippen LogP contribution in [0.15, 0.2) is 42.5 Å². The summed E-state index contributed by atoms with van der Waals surface area (Å²) in [4.78, 5) is 0. The summed E-state index contributed by atoms with van der Waals surface area (Å²) in [5, 5.41) is 0. The number of hydrogen-bond donors (Lipinski definition) is 0. The first-order valence-corrected chi connectivity index (χ1v) is 12.1. The van der Waals surface area contributed by atoms with Gasteiger partial charge < -0.3 is 0 Å². The molecular formula is C25H36O2S. The molecule has 0 fully saturated rings. The number of hydrogen-bond acceptors (Lipinski definition) is 2. The summed E-state index contributed by atoms with van der Waals surface area (Å²) >= 11 is 0. The molecule has 2 aromatic rings. The third-order valence-electron chi connectivity index (χ3n) is 5.61. The van der Waals surface area contributed by atoms with Crippen LogP contribution in [0.25, 0.3) is 11.1 Å². The first kappa shape index (κ1) is 22.7. The minimum absolute atomic E-state index is 0.316. The lowest BCUT2D eigenvalue weighted by atomic mass is 9.98. The van der Waals surface area contributed by atoms with Gasteiger partial charge >= 0.3 is 0 Å². The van der Waals surface area contributed by atoms with Crippen molar-refractivity contribution in [1.29, 1.82) is 0 Å². The third-order valence-corrected chi connectivity index (χ3v) is 8.30. The Labute approximate surface area is 172 Å². The summed E-state index contributed by atoms with van der Waals surface area (Å²) in [6, 6.07) is 15.5. The van der Waals surface area contributed by atoms with E-state index in [0.29, 0.717) is 5.75 Å². The fourth-order valence-electron chi connectivity index (χ4n) is 3.24. The van der Waals surface area contributed by atoms with E-state index in [1.807, 2.05) is 0 Å². The topological polar surface area (TPSA) is 34.1 Å². The maximum Gasteiger partial charge on any atom is 0.155 e. The molecule has 0 saturated carbocycles. The predicted molar refractivity (Wildman–Crippen MR) is 122 cm³/mol. The van der Waals surface area contributed by atoms with Gasteiger partial charge in [-0.1, -0.05) is 61.7 Å². The molecule has 28 heavy (non-hydrogen) atoms. The van der Waals surface area contributed by atoms with Crippen LogP contribution in [0.5, 0.6) is 0 Å². The molecule has 0 saturated heterocycles. The normalized spacial score (nSPS) is 12.3. The summed E-state index contributed by atoms with van der Waals surface area (Å²) in [6.45, 7) is 9.66. The quantitative estimate of drug-likeness (QED) is 0.440. The molecule has 0 N–H and O–H groups in total. The monoisotopic (exact) mass is 400 g/mol. The number of rotatable bonds is 9. The van der Waals surface area contributed by atoms with Crippen LogP contribution < -0.4 is 0 Å². The van der Waals surface area contributed by atoms with Gasteiger partial charge in [0.15, 0.2) is 9.84 Å². The molecule has 0 aliphatic carbocycles. The van der Waals surface area contributed by atoms with Crippen LogP contribution in [0.4, 0.5) is 0 Å². The van der Waals surface area contributed by atoms with Gasteiger partial charge in [0, 0.05) is 0 Å². The lowest BCUT2D eigenvalue weighted by molar-refractivity contribution is 0.552. The Balaban J connectivity index is 1.70. The van der Waals surface area contributed by atoms with Crippen molar-refractivity contribution in [2.24, 2.45) is 0 Å². The number of benzene rings is 2. The third kappa shape index (κ3) is 6.48. The Kier molecular flexibility index (Phi) is 7.88. The number of unbranched alkanes of at least 4 members (excludes halogenated alkanes) is 4. The second kappa shape index (κ2) is 9.73. The molecule has 0 aliphatic rings. The molecule has 2 rings (SSSR count). The van der Waals surface area contributed by atoms with E-state index in [1.165, 1.54) is 27.8 Å². The summed E-state index contributed by atoms with van der Waals surface area (Å²) in [7, 11) is -2.97. The van der Waals surface area contributed by atoms with Crippen molar-refractivity contribution < 1.29 is 8.42 Å². The van der Waals surface area contributed by atoms with Crippen LogP contribution in [0, 0.1) is 13.8 Å².